The van der Waals surface area contributed by atoms with Gasteiger partial charge in [-0.2, -0.15) is 13.2 Å². The maximum absolute atomic E-state index is 12.8. The number of rotatable bonds is 13. The number of carbonyl (C=O) groups excluding carboxylic acids is 1. The predicted octanol–water partition coefficient (Wildman–Crippen LogP) is 8.73. The summed E-state index contributed by atoms with van der Waals surface area (Å²) in [7, 11) is 0. The lowest BCUT2D eigenvalue weighted by atomic mass is 10.0. The summed E-state index contributed by atoms with van der Waals surface area (Å²) >= 11 is 0. The van der Waals surface area contributed by atoms with Crippen LogP contribution in [0.15, 0.2) is 72.8 Å². The summed E-state index contributed by atoms with van der Waals surface area (Å²) in [5.41, 5.74) is 0.892. The lowest BCUT2D eigenvalue weighted by molar-refractivity contribution is -0.137. The molecule has 37 heavy (non-hydrogen) atoms. The van der Waals surface area contributed by atoms with E-state index in [-0.39, 0.29) is 12.0 Å². The monoisotopic (exact) mass is 513 g/mol. The van der Waals surface area contributed by atoms with Gasteiger partial charge in [0.1, 0.15) is 23.4 Å². The summed E-state index contributed by atoms with van der Waals surface area (Å²) in [6, 6.07) is 19.1. The van der Waals surface area contributed by atoms with E-state index in [0.717, 1.165) is 49.8 Å². The fourth-order valence-electron chi connectivity index (χ4n) is 3.84. The average Bonchev–Trinajstić information content (AvgIpc) is 2.90. The minimum atomic E-state index is -4.38. The molecule has 0 bridgehead atoms. The lowest BCUT2D eigenvalue weighted by Crippen LogP contribution is -2.23. The van der Waals surface area contributed by atoms with E-state index in [4.69, 9.17) is 9.47 Å². The van der Waals surface area contributed by atoms with Crippen molar-refractivity contribution < 1.29 is 27.4 Å². The average molecular weight is 514 g/mol. The van der Waals surface area contributed by atoms with Crippen molar-refractivity contribution >= 4 is 5.91 Å². The molecule has 0 fully saturated rings. The third-order valence-corrected chi connectivity index (χ3v) is 5.92. The smallest absolute Gasteiger partial charge is 0.416 e. The predicted molar refractivity (Wildman–Crippen MR) is 139 cm³/mol. The first-order valence-corrected chi connectivity index (χ1v) is 12.8. The zero-order valence-electron chi connectivity index (χ0n) is 21.3. The number of alkyl halides is 3. The van der Waals surface area contributed by atoms with E-state index >= 15 is 0 Å². The van der Waals surface area contributed by atoms with Crippen molar-refractivity contribution in [2.75, 3.05) is 6.54 Å². The number of amides is 1. The quantitative estimate of drug-likeness (QED) is 0.233. The molecule has 7 heteroatoms. The maximum atomic E-state index is 12.8. The van der Waals surface area contributed by atoms with E-state index in [1.54, 1.807) is 24.3 Å². The van der Waals surface area contributed by atoms with Crippen molar-refractivity contribution in [3.05, 3.63) is 89.5 Å². The van der Waals surface area contributed by atoms with Crippen LogP contribution in [0.3, 0.4) is 0 Å². The van der Waals surface area contributed by atoms with Crippen LogP contribution in [0.25, 0.3) is 0 Å². The van der Waals surface area contributed by atoms with E-state index in [1.807, 2.05) is 31.2 Å². The summed E-state index contributed by atoms with van der Waals surface area (Å²) in [6.07, 6.45) is 1.61. The second kappa shape index (κ2) is 13.7. The van der Waals surface area contributed by atoms with E-state index in [9.17, 15) is 18.0 Å². The van der Waals surface area contributed by atoms with Crippen LogP contribution in [0.5, 0.6) is 17.2 Å². The van der Waals surface area contributed by atoms with Gasteiger partial charge < -0.3 is 14.8 Å². The number of halogens is 3. The Labute approximate surface area is 216 Å². The number of carbonyl (C=O) groups is 1. The van der Waals surface area contributed by atoms with Gasteiger partial charge in [0.05, 0.1) is 5.56 Å². The molecule has 4 nitrogen and oxygen atoms in total. The Morgan fingerprint density at radius 3 is 1.95 bits per heavy atom. The molecule has 0 heterocycles. The van der Waals surface area contributed by atoms with Crippen molar-refractivity contribution in [3.8, 4) is 17.2 Å². The van der Waals surface area contributed by atoms with Crippen LogP contribution in [0, 0.1) is 0 Å². The number of unbranched alkanes of at least 4 members (excludes halogenated alkanes) is 3. The van der Waals surface area contributed by atoms with Gasteiger partial charge in [-0.05, 0) is 85.5 Å². The molecule has 0 saturated heterocycles. The summed E-state index contributed by atoms with van der Waals surface area (Å²) in [5, 5.41) is 2.89. The molecular weight excluding hydrogens is 479 g/mol. The molecule has 0 radical (unpaired) electrons. The van der Waals surface area contributed by atoms with Gasteiger partial charge in [0.25, 0.3) is 5.91 Å². The Hall–Kier alpha value is -3.48. The molecule has 0 aromatic heterocycles. The van der Waals surface area contributed by atoms with Gasteiger partial charge in [0.15, 0.2) is 0 Å². The first-order chi connectivity index (χ1) is 17.8. The maximum Gasteiger partial charge on any atom is 0.416 e. The van der Waals surface area contributed by atoms with E-state index in [0.29, 0.717) is 29.4 Å². The van der Waals surface area contributed by atoms with Crippen molar-refractivity contribution in [3.63, 3.8) is 0 Å². The Bertz CT molecular complexity index is 1090. The Balaban J connectivity index is 1.67. The van der Waals surface area contributed by atoms with Crippen LogP contribution < -0.4 is 14.8 Å². The molecular formula is C30H34F3NO3. The number of hydrogen-bond acceptors (Lipinski definition) is 3. The van der Waals surface area contributed by atoms with Crippen molar-refractivity contribution in [2.45, 2.75) is 64.7 Å². The molecule has 0 aliphatic carbocycles. The van der Waals surface area contributed by atoms with Crippen LogP contribution in [0.1, 0.15) is 80.0 Å². The molecule has 0 aliphatic rings. The minimum absolute atomic E-state index is 0.0857. The topological polar surface area (TPSA) is 47.6 Å². The molecule has 3 rings (SSSR count). The Morgan fingerprint density at radius 1 is 0.784 bits per heavy atom. The summed E-state index contributed by atoms with van der Waals surface area (Å²) in [6.45, 7) is 4.82. The molecule has 3 aromatic carbocycles. The van der Waals surface area contributed by atoms with Crippen molar-refractivity contribution in [1.29, 1.82) is 0 Å². The van der Waals surface area contributed by atoms with E-state index < -0.39 is 11.7 Å². The molecule has 1 amide bonds. The van der Waals surface area contributed by atoms with Crippen molar-refractivity contribution in [1.82, 2.24) is 5.32 Å². The third kappa shape index (κ3) is 8.85. The van der Waals surface area contributed by atoms with Gasteiger partial charge in [0.2, 0.25) is 0 Å². The second-order valence-electron chi connectivity index (χ2n) is 8.93. The van der Waals surface area contributed by atoms with Gasteiger partial charge in [-0.1, -0.05) is 45.2 Å². The molecule has 0 spiro atoms. The van der Waals surface area contributed by atoms with Gasteiger partial charge in [-0.3, -0.25) is 4.79 Å². The minimum Gasteiger partial charge on any atom is -0.486 e. The molecule has 1 unspecified atom stereocenters. The normalized spacial score (nSPS) is 12.1. The van der Waals surface area contributed by atoms with Gasteiger partial charge in [-0.15, -0.1) is 0 Å². The van der Waals surface area contributed by atoms with Crippen LogP contribution >= 0.6 is 0 Å². The first kappa shape index (κ1) is 28.1. The van der Waals surface area contributed by atoms with Crippen LogP contribution in [-0.2, 0) is 6.18 Å². The molecule has 1 atom stereocenters. The third-order valence-electron chi connectivity index (χ3n) is 5.92. The van der Waals surface area contributed by atoms with E-state index in [1.165, 1.54) is 18.6 Å². The van der Waals surface area contributed by atoms with Crippen LogP contribution in [0.2, 0.25) is 0 Å². The van der Waals surface area contributed by atoms with E-state index in [2.05, 4.69) is 12.2 Å². The highest BCUT2D eigenvalue weighted by molar-refractivity contribution is 5.94. The summed E-state index contributed by atoms with van der Waals surface area (Å²) < 4.78 is 50.3. The SMILES string of the molecule is CCCCCCC(Oc1ccc(Oc2ccc(C(F)(F)F)cc2)cc1)c1ccc(C(=O)NCCC)cc1. The number of ether oxygens (including phenoxy) is 2. The number of hydrogen-bond donors (Lipinski definition) is 1. The molecule has 0 aliphatic heterocycles. The van der Waals surface area contributed by atoms with Gasteiger partial charge >= 0.3 is 6.18 Å². The van der Waals surface area contributed by atoms with Crippen molar-refractivity contribution in [2.24, 2.45) is 0 Å². The van der Waals surface area contributed by atoms with Crippen LogP contribution in [-0.4, -0.2) is 12.5 Å². The fraction of sp³-hybridized carbons (Fsp3) is 0.367. The Morgan fingerprint density at radius 2 is 1.38 bits per heavy atom. The van der Waals surface area contributed by atoms with Gasteiger partial charge in [0, 0.05) is 12.1 Å². The van der Waals surface area contributed by atoms with Crippen LogP contribution in [0.4, 0.5) is 13.2 Å². The highest BCUT2D eigenvalue weighted by Gasteiger charge is 2.30. The summed E-state index contributed by atoms with van der Waals surface area (Å²) in [5.74, 6) is 1.38. The molecule has 3 aromatic rings. The van der Waals surface area contributed by atoms with Gasteiger partial charge in [-0.25, -0.2) is 0 Å². The Kier molecular flexibility index (Phi) is 10.4. The standard InChI is InChI=1S/C30H34F3NO3/c1-3-5-6-7-8-28(22-9-11-23(12-10-22)29(35)34-21-4-2)37-27-19-17-26(18-20-27)36-25-15-13-24(14-16-25)30(31,32)33/h9-20,28H,3-8,21H2,1-2H3,(H,34,35). The summed E-state index contributed by atoms with van der Waals surface area (Å²) in [4.78, 5) is 12.2. The number of nitrogens with one attached hydrogen (secondary N) is 1. The number of benzene rings is 3. The largest absolute Gasteiger partial charge is 0.486 e. The first-order valence-electron chi connectivity index (χ1n) is 12.8. The molecule has 1 N–H and O–H groups in total. The fourth-order valence-corrected chi connectivity index (χ4v) is 3.84. The second-order valence-corrected chi connectivity index (χ2v) is 8.93. The highest BCUT2D eigenvalue weighted by atomic mass is 19.4. The molecule has 198 valence electrons. The highest BCUT2D eigenvalue weighted by Crippen LogP contribution is 2.33. The zero-order chi connectivity index (χ0) is 26.7. The lowest BCUT2D eigenvalue weighted by Gasteiger charge is -2.20. The zero-order valence-corrected chi connectivity index (χ0v) is 21.3. The molecule has 0 saturated carbocycles.